The van der Waals surface area contributed by atoms with Crippen LogP contribution in [-0.2, 0) is 20.8 Å². The summed E-state index contributed by atoms with van der Waals surface area (Å²) < 4.78 is 83.3. The summed E-state index contributed by atoms with van der Waals surface area (Å²) in [5, 5.41) is 10.8. The van der Waals surface area contributed by atoms with Crippen LogP contribution in [0.4, 0.5) is 26.3 Å². The van der Waals surface area contributed by atoms with E-state index in [1.165, 1.54) is 29.0 Å². The van der Waals surface area contributed by atoms with Gasteiger partial charge in [0.1, 0.15) is 11.9 Å². The second-order valence-corrected chi connectivity index (χ2v) is 7.65. The van der Waals surface area contributed by atoms with Crippen molar-refractivity contribution in [2.24, 2.45) is 0 Å². The summed E-state index contributed by atoms with van der Waals surface area (Å²) >= 11 is 0. The average Bonchev–Trinajstić information content (AvgIpc) is 3.04. The summed E-state index contributed by atoms with van der Waals surface area (Å²) in [5.74, 6) is -3.90. The van der Waals surface area contributed by atoms with Crippen LogP contribution in [0.2, 0.25) is 0 Å². The molecule has 2 aromatic rings. The average molecular weight is 482 g/mol. The molecule has 2 unspecified atom stereocenters. The Kier molecular flexibility index (Phi) is 7.52. The van der Waals surface area contributed by atoms with Crippen LogP contribution in [0.15, 0.2) is 24.4 Å². The summed E-state index contributed by atoms with van der Waals surface area (Å²) in [6.45, 7) is 0.581. The summed E-state index contributed by atoms with van der Waals surface area (Å²) in [5.41, 5.74) is 0.495. The molecule has 2 aliphatic rings. The predicted octanol–water partition coefficient (Wildman–Crippen LogP) is 3.36. The number of carboxylic acid groups (broad SMARTS) is 1. The summed E-state index contributed by atoms with van der Waals surface area (Å²) in [4.78, 5) is 21.6. The number of carbonyl (C=O) groups is 2. The number of carboxylic acids is 1. The van der Waals surface area contributed by atoms with E-state index in [0.29, 0.717) is 31.6 Å². The van der Waals surface area contributed by atoms with Crippen LogP contribution in [-0.4, -0.2) is 65.6 Å². The van der Waals surface area contributed by atoms with Gasteiger partial charge < -0.3 is 24.5 Å². The van der Waals surface area contributed by atoms with Crippen LogP contribution < -0.4 is 5.32 Å². The number of nitrogens with one attached hydrogen (secondary N) is 1. The molecule has 13 heteroatoms. The zero-order valence-corrected chi connectivity index (χ0v) is 16.9. The van der Waals surface area contributed by atoms with Crippen molar-refractivity contribution >= 4 is 22.8 Å². The molecular weight excluding hydrogens is 462 g/mol. The molecule has 2 fully saturated rings. The Bertz CT molecular complexity index is 997. The molecule has 0 amide bonds. The molecule has 2 N–H and O–H groups in total. The minimum absolute atomic E-state index is 0.111. The highest BCUT2D eigenvalue weighted by atomic mass is 19.4. The number of fused-ring (bicyclic) bond motifs is 3. The van der Waals surface area contributed by atoms with Gasteiger partial charge in [-0.15, -0.1) is 0 Å². The van der Waals surface area contributed by atoms with Crippen LogP contribution in [0.5, 0.6) is 0 Å². The predicted molar refractivity (Wildman–Crippen MR) is 102 cm³/mol. The van der Waals surface area contributed by atoms with Crippen molar-refractivity contribution in [3.8, 4) is 0 Å². The fraction of sp³-hybridized carbons (Fsp3) is 0.500. The number of nitrogens with zero attached hydrogens (tertiary/aromatic N) is 1. The van der Waals surface area contributed by atoms with Crippen LogP contribution in [0, 0.1) is 5.82 Å². The number of aromatic nitrogens is 1. The van der Waals surface area contributed by atoms with Gasteiger partial charge in [0, 0.05) is 42.0 Å². The van der Waals surface area contributed by atoms with Gasteiger partial charge in [0.2, 0.25) is 0 Å². The largest absolute Gasteiger partial charge is 0.490 e. The van der Waals surface area contributed by atoms with Crippen molar-refractivity contribution in [1.29, 1.82) is 0 Å². The lowest BCUT2D eigenvalue weighted by molar-refractivity contribution is -0.192. The molecule has 1 aromatic heterocycles. The Balaban J connectivity index is 0.000000383. The molecule has 182 valence electrons. The Morgan fingerprint density at radius 2 is 1.82 bits per heavy atom. The number of halogens is 6. The van der Waals surface area contributed by atoms with Gasteiger partial charge in [0.15, 0.2) is 0 Å². The van der Waals surface area contributed by atoms with E-state index in [0.717, 1.165) is 0 Å². The van der Waals surface area contributed by atoms with Crippen LogP contribution in [0.25, 0.3) is 10.9 Å². The highest BCUT2D eigenvalue weighted by Gasteiger charge is 2.38. The number of ether oxygens (including phenoxy) is 2. The van der Waals surface area contributed by atoms with Crippen molar-refractivity contribution in [2.45, 2.75) is 50.2 Å². The van der Waals surface area contributed by atoms with E-state index in [2.05, 4.69) is 5.32 Å². The molecule has 2 saturated heterocycles. The number of hydrogen-bond donors (Lipinski definition) is 2. The number of morpholine rings is 1. The highest BCUT2D eigenvalue weighted by Crippen LogP contribution is 2.27. The zero-order chi connectivity index (χ0) is 24.3. The maximum Gasteiger partial charge on any atom is 0.490 e. The number of benzene rings is 1. The Labute approximate surface area is 183 Å². The van der Waals surface area contributed by atoms with E-state index in [1.54, 1.807) is 0 Å². The van der Waals surface area contributed by atoms with Gasteiger partial charge in [0.25, 0.3) is 6.43 Å². The minimum Gasteiger partial charge on any atom is -0.475 e. The molecule has 33 heavy (non-hydrogen) atoms. The Morgan fingerprint density at radius 1 is 1.21 bits per heavy atom. The van der Waals surface area contributed by atoms with Gasteiger partial charge in [0.05, 0.1) is 25.3 Å². The van der Waals surface area contributed by atoms with E-state index in [-0.39, 0.29) is 29.1 Å². The smallest absolute Gasteiger partial charge is 0.475 e. The van der Waals surface area contributed by atoms with E-state index in [1.807, 2.05) is 0 Å². The molecule has 1 aromatic carbocycles. The molecule has 0 radical (unpaired) electrons. The van der Waals surface area contributed by atoms with Gasteiger partial charge in [-0.05, 0) is 18.2 Å². The molecule has 2 aliphatic heterocycles. The SMILES string of the molecule is O=C(O)C(F)(F)F.O=C(OC1CC2COCC(C1)N2)c1cn(CC(F)F)c2ccc(F)cc12. The Morgan fingerprint density at radius 3 is 2.36 bits per heavy atom. The molecule has 0 spiro atoms. The molecule has 0 aliphatic carbocycles. The first kappa shape index (κ1) is 24.8. The molecule has 7 nitrogen and oxygen atoms in total. The van der Waals surface area contributed by atoms with E-state index in [4.69, 9.17) is 19.4 Å². The standard InChI is InChI=1S/C18H19F3N2O3.C2HF3O2/c19-10-1-2-16-14(3-10)15(6-23(16)7-17(20)21)18(24)26-13-4-11-8-25-9-12(5-13)22-11;3-2(4,5)1(6)7/h1-3,6,11-13,17,22H,4-5,7-9H2;(H,6,7). The third-order valence-electron chi connectivity index (χ3n) is 5.12. The fourth-order valence-electron chi connectivity index (χ4n) is 3.83. The number of hydrogen-bond acceptors (Lipinski definition) is 5. The first-order chi connectivity index (χ1) is 15.4. The molecular formula is C20H20F6N2O5. The molecule has 2 atom stereocenters. The number of piperidine rings is 1. The monoisotopic (exact) mass is 482 g/mol. The quantitative estimate of drug-likeness (QED) is 0.513. The summed E-state index contributed by atoms with van der Waals surface area (Å²) in [6.07, 6.45) is -5.35. The first-order valence-corrected chi connectivity index (χ1v) is 9.85. The zero-order valence-electron chi connectivity index (χ0n) is 16.9. The maximum absolute atomic E-state index is 13.6. The van der Waals surface area contributed by atoms with E-state index < -0.39 is 36.9 Å². The molecule has 0 saturated carbocycles. The summed E-state index contributed by atoms with van der Waals surface area (Å²) in [6, 6.07) is 4.04. The minimum atomic E-state index is -5.08. The van der Waals surface area contributed by atoms with Crippen LogP contribution in [0.1, 0.15) is 23.2 Å². The Hall–Kier alpha value is -2.80. The third kappa shape index (κ3) is 6.38. The number of aliphatic carboxylic acids is 1. The normalized spacial score (nSPS) is 22.6. The van der Waals surface area contributed by atoms with Gasteiger partial charge in [-0.2, -0.15) is 13.2 Å². The number of alkyl halides is 5. The molecule has 4 rings (SSSR count). The molecule has 3 heterocycles. The lowest BCUT2D eigenvalue weighted by atomic mass is 9.94. The molecule has 2 bridgehead atoms. The highest BCUT2D eigenvalue weighted by molar-refractivity contribution is 6.04. The van der Waals surface area contributed by atoms with Gasteiger partial charge in [-0.25, -0.2) is 22.8 Å². The van der Waals surface area contributed by atoms with Crippen molar-refractivity contribution in [2.75, 3.05) is 13.2 Å². The second kappa shape index (κ2) is 10.00. The van der Waals surface area contributed by atoms with Crippen molar-refractivity contribution in [3.05, 3.63) is 35.8 Å². The number of carbonyl (C=O) groups excluding carboxylic acids is 1. The summed E-state index contributed by atoms with van der Waals surface area (Å²) in [7, 11) is 0. The van der Waals surface area contributed by atoms with Gasteiger partial charge in [-0.3, -0.25) is 0 Å². The topological polar surface area (TPSA) is 89.8 Å². The van der Waals surface area contributed by atoms with Gasteiger partial charge in [-0.1, -0.05) is 0 Å². The lowest BCUT2D eigenvalue weighted by Crippen LogP contribution is -2.56. The van der Waals surface area contributed by atoms with Crippen LogP contribution in [0.3, 0.4) is 0 Å². The van der Waals surface area contributed by atoms with Crippen molar-refractivity contribution < 1.29 is 50.5 Å². The lowest BCUT2D eigenvalue weighted by Gasteiger charge is -2.39. The van der Waals surface area contributed by atoms with Crippen molar-refractivity contribution in [1.82, 2.24) is 9.88 Å². The third-order valence-corrected chi connectivity index (χ3v) is 5.12. The second-order valence-electron chi connectivity index (χ2n) is 7.65. The van der Waals surface area contributed by atoms with Crippen molar-refractivity contribution in [3.63, 3.8) is 0 Å². The maximum atomic E-state index is 13.6. The van der Waals surface area contributed by atoms with Crippen LogP contribution >= 0.6 is 0 Å². The fourth-order valence-corrected chi connectivity index (χ4v) is 3.83. The number of esters is 1. The van der Waals surface area contributed by atoms with E-state index in [9.17, 15) is 31.1 Å². The first-order valence-electron chi connectivity index (χ1n) is 9.85. The van der Waals surface area contributed by atoms with Gasteiger partial charge >= 0.3 is 18.1 Å². The number of rotatable bonds is 4. The van der Waals surface area contributed by atoms with E-state index >= 15 is 0 Å².